The molecule has 34 heavy (non-hydrogen) atoms. The van der Waals surface area contributed by atoms with E-state index in [0.717, 1.165) is 5.56 Å². The molecule has 3 rings (SSSR count). The van der Waals surface area contributed by atoms with Crippen LogP contribution >= 0.6 is 23.2 Å². The second-order valence-corrected chi connectivity index (χ2v) is 8.39. The van der Waals surface area contributed by atoms with Gasteiger partial charge in [0.1, 0.15) is 12.3 Å². The number of hydrogen-bond donors (Lipinski definition) is 1. The highest BCUT2D eigenvalue weighted by Crippen LogP contribution is 2.30. The van der Waals surface area contributed by atoms with Gasteiger partial charge in [-0.1, -0.05) is 59.6 Å². The van der Waals surface area contributed by atoms with Crippen LogP contribution in [0.3, 0.4) is 0 Å². The van der Waals surface area contributed by atoms with E-state index < -0.39 is 6.03 Å². The van der Waals surface area contributed by atoms with Gasteiger partial charge in [-0.2, -0.15) is 0 Å². The summed E-state index contributed by atoms with van der Waals surface area (Å²) in [4.78, 5) is 29.4. The van der Waals surface area contributed by atoms with Crippen molar-refractivity contribution in [2.75, 3.05) is 38.7 Å². The number of urea groups is 1. The summed E-state index contributed by atoms with van der Waals surface area (Å²) in [6.45, 7) is 1.10. The second-order valence-electron chi connectivity index (χ2n) is 7.57. The van der Waals surface area contributed by atoms with Gasteiger partial charge in [0.15, 0.2) is 0 Å². The van der Waals surface area contributed by atoms with E-state index in [1.54, 1.807) is 35.4 Å². The van der Waals surface area contributed by atoms with Crippen LogP contribution in [0.2, 0.25) is 10.0 Å². The number of halogens is 2. The summed E-state index contributed by atoms with van der Waals surface area (Å²) >= 11 is 12.4. The Hall–Kier alpha value is -3.00. The highest BCUT2D eigenvalue weighted by Gasteiger charge is 2.23. The van der Waals surface area contributed by atoms with Crippen molar-refractivity contribution >= 4 is 40.8 Å². The lowest BCUT2D eigenvalue weighted by molar-refractivity contribution is -0.132. The number of para-hydroxylation sites is 1. The van der Waals surface area contributed by atoms with Gasteiger partial charge in [-0.25, -0.2) is 4.79 Å². The molecular formula is C25H27Cl2N3O4. The van der Waals surface area contributed by atoms with Gasteiger partial charge < -0.3 is 24.3 Å². The number of nitrogens with zero attached hydrogens (tertiary/aromatic N) is 2. The van der Waals surface area contributed by atoms with Crippen molar-refractivity contribution in [3.8, 4) is 0 Å². The molecule has 2 aromatic carbocycles. The zero-order valence-corrected chi connectivity index (χ0v) is 20.4. The van der Waals surface area contributed by atoms with Crippen LogP contribution in [0.1, 0.15) is 11.3 Å². The Balaban J connectivity index is 1.73. The Morgan fingerprint density at radius 2 is 1.68 bits per heavy atom. The van der Waals surface area contributed by atoms with Crippen LogP contribution in [0.25, 0.3) is 0 Å². The molecule has 0 atom stereocenters. The molecule has 180 valence electrons. The number of anilines is 1. The van der Waals surface area contributed by atoms with Crippen molar-refractivity contribution in [2.45, 2.75) is 13.0 Å². The topological polar surface area (TPSA) is 75.0 Å². The highest BCUT2D eigenvalue weighted by atomic mass is 35.5. The van der Waals surface area contributed by atoms with Crippen molar-refractivity contribution in [3.63, 3.8) is 0 Å². The maximum absolute atomic E-state index is 13.3. The number of methoxy groups -OCH3 is 1. The Morgan fingerprint density at radius 1 is 0.941 bits per heavy atom. The molecule has 1 N–H and O–H groups in total. The van der Waals surface area contributed by atoms with Gasteiger partial charge in [0.05, 0.1) is 35.1 Å². The molecule has 9 heteroatoms. The molecular weight excluding hydrogens is 477 g/mol. The average molecular weight is 504 g/mol. The Morgan fingerprint density at radius 3 is 2.32 bits per heavy atom. The smallest absolute Gasteiger partial charge is 0.322 e. The first kappa shape index (κ1) is 25.6. The van der Waals surface area contributed by atoms with Crippen LogP contribution < -0.4 is 5.32 Å². The van der Waals surface area contributed by atoms with Crippen LogP contribution in [0.15, 0.2) is 71.3 Å². The number of nitrogens with one attached hydrogen (secondary N) is 1. The van der Waals surface area contributed by atoms with E-state index in [4.69, 9.17) is 32.4 Å². The molecule has 0 spiro atoms. The van der Waals surface area contributed by atoms with Gasteiger partial charge >= 0.3 is 6.03 Å². The van der Waals surface area contributed by atoms with E-state index in [-0.39, 0.29) is 25.6 Å². The van der Waals surface area contributed by atoms with Crippen LogP contribution in [0.5, 0.6) is 0 Å². The van der Waals surface area contributed by atoms with E-state index in [0.29, 0.717) is 41.0 Å². The SMILES string of the molecule is COCCN(CC(=O)N(CCc1ccccc1)Cc1ccco1)C(=O)Nc1c(Cl)cccc1Cl. The van der Waals surface area contributed by atoms with E-state index >= 15 is 0 Å². The third kappa shape index (κ3) is 7.52. The molecule has 1 heterocycles. The van der Waals surface area contributed by atoms with Crippen LogP contribution in [0, 0.1) is 0 Å². The van der Waals surface area contributed by atoms with E-state index in [1.165, 1.54) is 12.0 Å². The number of benzene rings is 2. The van der Waals surface area contributed by atoms with Crippen molar-refractivity contribution in [1.29, 1.82) is 0 Å². The fraction of sp³-hybridized carbons (Fsp3) is 0.280. The van der Waals surface area contributed by atoms with Gasteiger partial charge in [0.25, 0.3) is 0 Å². The predicted octanol–water partition coefficient (Wildman–Crippen LogP) is 5.34. The zero-order valence-electron chi connectivity index (χ0n) is 18.9. The van der Waals surface area contributed by atoms with E-state index in [1.807, 2.05) is 36.4 Å². The Labute approximate surface area is 209 Å². The predicted molar refractivity (Wildman–Crippen MR) is 133 cm³/mol. The Bertz CT molecular complexity index is 1040. The summed E-state index contributed by atoms with van der Waals surface area (Å²) in [5.74, 6) is 0.445. The number of carbonyl (C=O) groups is 2. The third-order valence-electron chi connectivity index (χ3n) is 5.17. The minimum absolute atomic E-state index is 0.146. The molecule has 0 unspecified atom stereocenters. The molecule has 3 amide bonds. The van der Waals surface area contributed by atoms with Crippen LogP contribution in [0.4, 0.5) is 10.5 Å². The maximum atomic E-state index is 13.3. The maximum Gasteiger partial charge on any atom is 0.322 e. The average Bonchev–Trinajstić information content (AvgIpc) is 3.35. The van der Waals surface area contributed by atoms with E-state index in [2.05, 4.69) is 5.32 Å². The monoisotopic (exact) mass is 503 g/mol. The highest BCUT2D eigenvalue weighted by molar-refractivity contribution is 6.39. The standard InChI is InChI=1S/C25H27Cl2N3O4/c1-33-16-14-30(25(32)28-24-21(26)10-5-11-22(24)27)18-23(31)29(17-20-9-6-15-34-20)13-12-19-7-3-2-4-8-19/h2-11,15H,12-14,16-18H2,1H3,(H,28,32). The number of carbonyl (C=O) groups excluding carboxylic acids is 2. The summed E-state index contributed by atoms with van der Waals surface area (Å²) in [5, 5.41) is 3.33. The van der Waals surface area contributed by atoms with E-state index in [9.17, 15) is 9.59 Å². The lowest BCUT2D eigenvalue weighted by atomic mass is 10.1. The second kappa shape index (κ2) is 13.0. The molecule has 0 aliphatic rings. The lowest BCUT2D eigenvalue weighted by Crippen LogP contribution is -2.46. The van der Waals surface area contributed by atoms with Crippen molar-refractivity contribution < 1.29 is 18.7 Å². The number of ether oxygens (including phenoxy) is 1. The minimum Gasteiger partial charge on any atom is -0.467 e. The summed E-state index contributed by atoms with van der Waals surface area (Å²) in [6.07, 6.45) is 2.24. The molecule has 0 saturated heterocycles. The fourth-order valence-corrected chi connectivity index (χ4v) is 3.80. The lowest BCUT2D eigenvalue weighted by Gasteiger charge is -2.27. The van der Waals surface area contributed by atoms with Gasteiger partial charge in [-0.05, 0) is 36.2 Å². The molecule has 0 aliphatic heterocycles. The molecule has 1 aromatic heterocycles. The first-order chi connectivity index (χ1) is 16.5. The first-order valence-electron chi connectivity index (χ1n) is 10.8. The third-order valence-corrected chi connectivity index (χ3v) is 5.80. The Kier molecular flexibility index (Phi) is 9.82. The van der Waals surface area contributed by atoms with Crippen molar-refractivity contribution in [3.05, 3.63) is 88.3 Å². The summed E-state index contributed by atoms with van der Waals surface area (Å²) in [5.41, 5.74) is 1.41. The number of hydrogen-bond acceptors (Lipinski definition) is 4. The molecule has 7 nitrogen and oxygen atoms in total. The number of rotatable bonds is 11. The first-order valence-corrected chi connectivity index (χ1v) is 11.6. The molecule has 3 aromatic rings. The van der Waals surface area contributed by atoms with Crippen LogP contribution in [-0.4, -0.2) is 55.1 Å². The number of furan rings is 1. The van der Waals surface area contributed by atoms with Gasteiger partial charge in [-0.15, -0.1) is 0 Å². The van der Waals surface area contributed by atoms with Gasteiger partial charge in [-0.3, -0.25) is 4.79 Å². The normalized spacial score (nSPS) is 10.7. The summed E-state index contributed by atoms with van der Waals surface area (Å²) < 4.78 is 10.6. The van der Waals surface area contributed by atoms with Crippen LogP contribution in [-0.2, 0) is 22.5 Å². The molecule has 0 bridgehead atoms. The zero-order chi connectivity index (χ0) is 24.3. The quantitative estimate of drug-likeness (QED) is 0.383. The molecule has 0 fully saturated rings. The summed E-state index contributed by atoms with van der Waals surface area (Å²) in [7, 11) is 1.53. The van der Waals surface area contributed by atoms with Crippen molar-refractivity contribution in [2.24, 2.45) is 0 Å². The molecule has 0 radical (unpaired) electrons. The molecule has 0 saturated carbocycles. The number of amides is 3. The fourth-order valence-electron chi connectivity index (χ4n) is 3.31. The van der Waals surface area contributed by atoms with Crippen molar-refractivity contribution in [1.82, 2.24) is 9.80 Å². The minimum atomic E-state index is -0.499. The van der Waals surface area contributed by atoms with Gasteiger partial charge in [0.2, 0.25) is 5.91 Å². The van der Waals surface area contributed by atoms with Gasteiger partial charge in [0, 0.05) is 20.2 Å². The summed E-state index contributed by atoms with van der Waals surface area (Å²) in [6, 6.07) is 17.9. The molecule has 0 aliphatic carbocycles. The largest absolute Gasteiger partial charge is 0.467 e.